The summed E-state index contributed by atoms with van der Waals surface area (Å²) in [6, 6.07) is 0. The second-order valence-electron chi connectivity index (χ2n) is 4.33. The number of carbonyl (C=O) groups is 2. The van der Waals surface area contributed by atoms with Gasteiger partial charge >= 0.3 is 0 Å². The van der Waals surface area contributed by atoms with Gasteiger partial charge in [-0.2, -0.15) is 0 Å². The van der Waals surface area contributed by atoms with E-state index in [4.69, 9.17) is 0 Å². The van der Waals surface area contributed by atoms with E-state index >= 15 is 0 Å². The quantitative estimate of drug-likeness (QED) is 0.662. The Labute approximate surface area is 89.2 Å². The van der Waals surface area contributed by atoms with Crippen molar-refractivity contribution < 1.29 is 9.59 Å². The minimum Gasteiger partial charge on any atom is -0.289 e. The number of carbonyl (C=O) groups excluding carboxylic acids is 2. The van der Waals surface area contributed by atoms with Crippen LogP contribution in [0.2, 0.25) is 0 Å². The molecule has 2 rings (SSSR count). The van der Waals surface area contributed by atoms with Crippen LogP contribution in [0.4, 0.5) is 0 Å². The van der Waals surface area contributed by atoms with E-state index < -0.39 is 0 Å². The van der Waals surface area contributed by atoms with Gasteiger partial charge in [0.15, 0.2) is 0 Å². The van der Waals surface area contributed by atoms with Gasteiger partial charge in [0.2, 0.25) is 0 Å². The molecule has 1 aliphatic heterocycles. The van der Waals surface area contributed by atoms with Crippen molar-refractivity contribution in [1.29, 1.82) is 0 Å². The van der Waals surface area contributed by atoms with E-state index in [9.17, 15) is 9.59 Å². The highest BCUT2D eigenvalue weighted by Crippen LogP contribution is 2.34. The van der Waals surface area contributed by atoms with Crippen molar-refractivity contribution in [3.05, 3.63) is 22.8 Å². The second kappa shape index (κ2) is 3.65. The van der Waals surface area contributed by atoms with E-state index in [1.807, 2.05) is 0 Å². The molecular weight excluding hydrogens is 190 g/mol. The lowest BCUT2D eigenvalue weighted by atomic mass is 9.82. The number of rotatable bonds is 1. The van der Waals surface area contributed by atoms with E-state index in [0.29, 0.717) is 11.5 Å². The smallest absolute Gasteiger partial charge is 0.258 e. The molecule has 2 amide bonds. The van der Waals surface area contributed by atoms with Gasteiger partial charge in [-0.05, 0) is 37.7 Å². The SMILES string of the molecule is CC1=C(C2=CC(=O)NC2=O)CCCC1C. The average Bonchev–Trinajstić information content (AvgIpc) is 2.50. The van der Waals surface area contributed by atoms with Gasteiger partial charge in [0.05, 0.1) is 0 Å². The maximum atomic E-state index is 11.5. The van der Waals surface area contributed by atoms with Gasteiger partial charge in [-0.15, -0.1) is 0 Å². The van der Waals surface area contributed by atoms with Crippen LogP contribution < -0.4 is 5.32 Å². The highest BCUT2D eigenvalue weighted by molar-refractivity contribution is 6.18. The summed E-state index contributed by atoms with van der Waals surface area (Å²) in [6.07, 6.45) is 4.63. The minimum absolute atomic E-state index is 0.233. The highest BCUT2D eigenvalue weighted by atomic mass is 16.2. The molecule has 0 fully saturated rings. The molecule has 1 unspecified atom stereocenters. The van der Waals surface area contributed by atoms with Gasteiger partial charge in [-0.3, -0.25) is 14.9 Å². The fourth-order valence-corrected chi connectivity index (χ4v) is 2.28. The van der Waals surface area contributed by atoms with E-state index in [1.165, 1.54) is 18.1 Å². The molecule has 0 aromatic heterocycles. The molecule has 0 saturated heterocycles. The molecule has 1 atom stereocenters. The topological polar surface area (TPSA) is 46.2 Å². The number of allylic oxidation sites excluding steroid dienone is 1. The molecule has 15 heavy (non-hydrogen) atoms. The van der Waals surface area contributed by atoms with Crippen LogP contribution in [0.3, 0.4) is 0 Å². The zero-order valence-electron chi connectivity index (χ0n) is 9.09. The molecule has 0 spiro atoms. The predicted molar refractivity (Wildman–Crippen MR) is 56.9 cm³/mol. The lowest BCUT2D eigenvalue weighted by molar-refractivity contribution is -0.123. The Morgan fingerprint density at radius 1 is 1.40 bits per heavy atom. The van der Waals surface area contributed by atoms with Crippen molar-refractivity contribution in [3.8, 4) is 0 Å². The van der Waals surface area contributed by atoms with Crippen molar-refractivity contribution in [1.82, 2.24) is 5.32 Å². The number of imide groups is 1. The molecule has 3 nitrogen and oxygen atoms in total. The van der Waals surface area contributed by atoms with Gasteiger partial charge in [-0.25, -0.2) is 0 Å². The van der Waals surface area contributed by atoms with Crippen LogP contribution in [-0.2, 0) is 9.59 Å². The summed E-state index contributed by atoms with van der Waals surface area (Å²) >= 11 is 0. The minimum atomic E-state index is -0.284. The number of hydrogen-bond donors (Lipinski definition) is 1. The normalized spacial score (nSPS) is 26.8. The van der Waals surface area contributed by atoms with Crippen LogP contribution in [-0.4, -0.2) is 11.8 Å². The Morgan fingerprint density at radius 2 is 2.13 bits per heavy atom. The van der Waals surface area contributed by atoms with E-state index in [1.54, 1.807) is 0 Å². The van der Waals surface area contributed by atoms with Crippen LogP contribution in [0.5, 0.6) is 0 Å². The van der Waals surface area contributed by atoms with Crippen molar-refractivity contribution >= 4 is 11.8 Å². The molecule has 1 N–H and O–H groups in total. The molecule has 0 radical (unpaired) electrons. The van der Waals surface area contributed by atoms with Crippen LogP contribution in [0.1, 0.15) is 33.1 Å². The molecule has 2 aliphatic rings. The molecule has 1 aliphatic carbocycles. The second-order valence-corrected chi connectivity index (χ2v) is 4.33. The Bertz CT molecular complexity index is 390. The van der Waals surface area contributed by atoms with Crippen molar-refractivity contribution in [3.63, 3.8) is 0 Å². The lowest BCUT2D eigenvalue weighted by Crippen LogP contribution is -2.23. The fraction of sp³-hybridized carbons (Fsp3) is 0.500. The highest BCUT2D eigenvalue weighted by Gasteiger charge is 2.27. The summed E-state index contributed by atoms with van der Waals surface area (Å²) in [6.45, 7) is 4.24. The first-order valence-corrected chi connectivity index (χ1v) is 5.36. The average molecular weight is 205 g/mol. The lowest BCUT2D eigenvalue weighted by Gasteiger charge is -2.23. The first-order chi connectivity index (χ1) is 7.09. The first kappa shape index (κ1) is 10.1. The van der Waals surface area contributed by atoms with E-state index in [2.05, 4.69) is 19.2 Å². The van der Waals surface area contributed by atoms with Crippen molar-refractivity contribution in [2.24, 2.45) is 5.92 Å². The summed E-state index contributed by atoms with van der Waals surface area (Å²) < 4.78 is 0. The Kier molecular flexibility index (Phi) is 2.47. The van der Waals surface area contributed by atoms with Crippen LogP contribution in [0.25, 0.3) is 0 Å². The third-order valence-electron chi connectivity index (χ3n) is 3.36. The maximum absolute atomic E-state index is 11.5. The van der Waals surface area contributed by atoms with Crippen LogP contribution in [0, 0.1) is 5.92 Å². The Hall–Kier alpha value is -1.38. The fourth-order valence-electron chi connectivity index (χ4n) is 2.28. The van der Waals surface area contributed by atoms with Crippen LogP contribution >= 0.6 is 0 Å². The first-order valence-electron chi connectivity index (χ1n) is 5.36. The Morgan fingerprint density at radius 3 is 2.73 bits per heavy atom. The van der Waals surface area contributed by atoms with Gasteiger partial charge in [0, 0.05) is 11.6 Å². The van der Waals surface area contributed by atoms with Gasteiger partial charge in [0.25, 0.3) is 11.8 Å². The summed E-state index contributed by atoms with van der Waals surface area (Å²) in [5.74, 6) is 0.00938. The third kappa shape index (κ3) is 1.74. The van der Waals surface area contributed by atoms with Crippen molar-refractivity contribution in [2.45, 2.75) is 33.1 Å². The third-order valence-corrected chi connectivity index (χ3v) is 3.36. The molecule has 0 bridgehead atoms. The standard InChI is InChI=1S/C12H15NO2/c1-7-4-3-5-9(8(7)2)10-6-11(14)13-12(10)15/h6-7H,3-5H2,1-2H3,(H,13,14,15). The van der Waals surface area contributed by atoms with E-state index in [0.717, 1.165) is 18.4 Å². The summed E-state index contributed by atoms with van der Waals surface area (Å²) in [7, 11) is 0. The zero-order valence-corrected chi connectivity index (χ0v) is 9.09. The predicted octanol–water partition coefficient (Wildman–Crippen LogP) is 1.71. The maximum Gasteiger partial charge on any atom is 0.258 e. The molecule has 0 saturated carbocycles. The summed E-state index contributed by atoms with van der Waals surface area (Å²) in [5, 5.41) is 2.29. The Balaban J connectivity index is 2.38. The molecule has 0 aromatic carbocycles. The molecule has 80 valence electrons. The largest absolute Gasteiger partial charge is 0.289 e. The van der Waals surface area contributed by atoms with Crippen LogP contribution in [0.15, 0.2) is 22.8 Å². The molecule has 0 aromatic rings. The van der Waals surface area contributed by atoms with Gasteiger partial charge < -0.3 is 0 Å². The van der Waals surface area contributed by atoms with E-state index in [-0.39, 0.29) is 11.8 Å². The molecular formula is C12H15NO2. The monoisotopic (exact) mass is 205 g/mol. The molecule has 3 heteroatoms. The van der Waals surface area contributed by atoms with Crippen molar-refractivity contribution in [2.75, 3.05) is 0 Å². The summed E-state index contributed by atoms with van der Waals surface area (Å²) in [4.78, 5) is 22.6. The van der Waals surface area contributed by atoms with Gasteiger partial charge in [0.1, 0.15) is 0 Å². The molecule has 1 heterocycles. The number of hydrogen-bond acceptors (Lipinski definition) is 2. The number of nitrogens with one attached hydrogen (secondary N) is 1. The van der Waals surface area contributed by atoms with Gasteiger partial charge in [-0.1, -0.05) is 12.5 Å². The summed E-state index contributed by atoms with van der Waals surface area (Å²) in [5.41, 5.74) is 2.93. The number of amides is 2. The zero-order chi connectivity index (χ0) is 11.0.